The number of nitrogens with zero attached hydrogens (tertiary/aromatic N) is 1. The van der Waals surface area contributed by atoms with E-state index in [4.69, 9.17) is 0 Å². The van der Waals surface area contributed by atoms with Gasteiger partial charge in [0.25, 0.3) is 0 Å². The summed E-state index contributed by atoms with van der Waals surface area (Å²) in [5.74, 6) is -0.700. The standard InChI is InChI=1S/C7H6FNO3/c8-6-3-1-2-4-7(6)12-5-9(10)11/h1-4H,5H2. The van der Waals surface area contributed by atoms with Gasteiger partial charge < -0.3 is 4.74 Å². The van der Waals surface area contributed by atoms with Crippen LogP contribution in [0.25, 0.3) is 0 Å². The summed E-state index contributed by atoms with van der Waals surface area (Å²) in [6.45, 7) is -0.721. The molecule has 0 N–H and O–H groups in total. The zero-order valence-corrected chi connectivity index (χ0v) is 6.07. The van der Waals surface area contributed by atoms with E-state index in [1.807, 2.05) is 0 Å². The molecule has 1 aromatic rings. The van der Waals surface area contributed by atoms with E-state index in [1.54, 1.807) is 6.07 Å². The fourth-order valence-electron chi connectivity index (χ4n) is 0.684. The molecule has 0 aliphatic rings. The van der Waals surface area contributed by atoms with Crippen LogP contribution in [0.15, 0.2) is 24.3 Å². The molecule has 0 aromatic heterocycles. The summed E-state index contributed by atoms with van der Waals surface area (Å²) in [6, 6.07) is 5.53. The van der Waals surface area contributed by atoms with Crippen molar-refractivity contribution in [3.63, 3.8) is 0 Å². The highest BCUT2D eigenvalue weighted by Gasteiger charge is 2.03. The highest BCUT2D eigenvalue weighted by molar-refractivity contribution is 5.23. The molecule has 5 heteroatoms. The Kier molecular flexibility index (Phi) is 2.57. The van der Waals surface area contributed by atoms with E-state index in [0.717, 1.165) is 0 Å². The van der Waals surface area contributed by atoms with Crippen LogP contribution in [-0.4, -0.2) is 11.7 Å². The van der Waals surface area contributed by atoms with Crippen LogP contribution in [0.4, 0.5) is 4.39 Å². The number of benzene rings is 1. The zero-order valence-electron chi connectivity index (χ0n) is 6.07. The highest BCUT2D eigenvalue weighted by atomic mass is 19.1. The fraction of sp³-hybridized carbons (Fsp3) is 0.143. The summed E-state index contributed by atoms with van der Waals surface area (Å²) < 4.78 is 17.2. The van der Waals surface area contributed by atoms with Gasteiger partial charge in [-0.3, -0.25) is 10.1 Å². The quantitative estimate of drug-likeness (QED) is 0.392. The van der Waals surface area contributed by atoms with Crippen molar-refractivity contribution in [2.45, 2.75) is 0 Å². The Morgan fingerprint density at radius 1 is 1.50 bits per heavy atom. The summed E-state index contributed by atoms with van der Waals surface area (Å²) in [7, 11) is 0. The van der Waals surface area contributed by atoms with Gasteiger partial charge in [-0.1, -0.05) is 12.1 Å². The minimum absolute atomic E-state index is 0.103. The summed E-state index contributed by atoms with van der Waals surface area (Å²) in [5, 5.41) is 9.84. The summed E-state index contributed by atoms with van der Waals surface area (Å²) in [6.07, 6.45) is 0. The van der Waals surface area contributed by atoms with Crippen molar-refractivity contribution in [3.05, 3.63) is 40.2 Å². The van der Waals surface area contributed by atoms with Gasteiger partial charge in [0.2, 0.25) is 0 Å². The van der Waals surface area contributed by atoms with Crippen molar-refractivity contribution in [2.24, 2.45) is 0 Å². The predicted molar refractivity (Wildman–Crippen MR) is 38.9 cm³/mol. The Balaban J connectivity index is 2.63. The lowest BCUT2D eigenvalue weighted by Gasteiger charge is -2.00. The molecule has 0 amide bonds. The average Bonchev–Trinajstić information content (AvgIpc) is 2.03. The zero-order chi connectivity index (χ0) is 8.97. The molecule has 0 atom stereocenters. The predicted octanol–water partition coefficient (Wildman–Crippen LogP) is 1.44. The number of hydrogen-bond acceptors (Lipinski definition) is 3. The van der Waals surface area contributed by atoms with Gasteiger partial charge in [0.05, 0.1) is 4.92 Å². The van der Waals surface area contributed by atoms with Crippen molar-refractivity contribution >= 4 is 0 Å². The lowest BCUT2D eigenvalue weighted by molar-refractivity contribution is -0.514. The van der Waals surface area contributed by atoms with Gasteiger partial charge in [-0.2, -0.15) is 0 Å². The Morgan fingerprint density at radius 3 is 2.75 bits per heavy atom. The van der Waals surface area contributed by atoms with Crippen LogP contribution in [0, 0.1) is 15.9 Å². The SMILES string of the molecule is O=[N+]([O-])COc1ccccc1F. The van der Waals surface area contributed by atoms with Gasteiger partial charge in [-0.15, -0.1) is 0 Å². The first-order chi connectivity index (χ1) is 5.70. The first-order valence-corrected chi connectivity index (χ1v) is 3.19. The molecule has 0 saturated heterocycles. The molecule has 0 unspecified atom stereocenters. The molecule has 0 aliphatic carbocycles. The van der Waals surface area contributed by atoms with Crippen LogP contribution in [0.1, 0.15) is 0 Å². The minimum Gasteiger partial charge on any atom is -0.429 e. The Bertz CT molecular complexity index is 290. The molecule has 1 rings (SSSR count). The lowest BCUT2D eigenvalue weighted by Crippen LogP contribution is -2.08. The molecule has 1 aromatic carbocycles. The normalized spacial score (nSPS) is 9.42. The maximum absolute atomic E-state index is 12.7. The molecular formula is C7H6FNO3. The van der Waals surface area contributed by atoms with E-state index in [2.05, 4.69) is 4.74 Å². The molecule has 64 valence electrons. The number of ether oxygens (including phenoxy) is 1. The Morgan fingerprint density at radius 2 is 2.17 bits per heavy atom. The topological polar surface area (TPSA) is 52.4 Å². The van der Waals surface area contributed by atoms with Crippen LogP contribution < -0.4 is 4.74 Å². The number of para-hydroxylation sites is 1. The summed E-state index contributed by atoms with van der Waals surface area (Å²) in [5.41, 5.74) is 0. The van der Waals surface area contributed by atoms with Crippen molar-refractivity contribution in [2.75, 3.05) is 6.73 Å². The van der Waals surface area contributed by atoms with Crippen LogP contribution in [0.3, 0.4) is 0 Å². The maximum Gasteiger partial charge on any atom is 0.344 e. The second-order valence-corrected chi connectivity index (χ2v) is 2.04. The lowest BCUT2D eigenvalue weighted by atomic mass is 10.3. The molecular weight excluding hydrogens is 165 g/mol. The van der Waals surface area contributed by atoms with Crippen LogP contribution in [-0.2, 0) is 0 Å². The summed E-state index contributed by atoms with van der Waals surface area (Å²) in [4.78, 5) is 9.17. The van der Waals surface area contributed by atoms with Crippen molar-refractivity contribution < 1.29 is 14.1 Å². The smallest absolute Gasteiger partial charge is 0.344 e. The van der Waals surface area contributed by atoms with Crippen LogP contribution in [0.5, 0.6) is 5.75 Å². The van der Waals surface area contributed by atoms with Gasteiger partial charge in [-0.05, 0) is 12.1 Å². The van der Waals surface area contributed by atoms with Crippen LogP contribution >= 0.6 is 0 Å². The Labute approximate surface area is 67.7 Å². The third-order valence-corrected chi connectivity index (χ3v) is 1.16. The molecule has 12 heavy (non-hydrogen) atoms. The first-order valence-electron chi connectivity index (χ1n) is 3.19. The third-order valence-electron chi connectivity index (χ3n) is 1.16. The number of nitro groups is 1. The van der Waals surface area contributed by atoms with E-state index >= 15 is 0 Å². The average molecular weight is 171 g/mol. The van der Waals surface area contributed by atoms with E-state index < -0.39 is 17.5 Å². The largest absolute Gasteiger partial charge is 0.429 e. The molecule has 0 spiro atoms. The van der Waals surface area contributed by atoms with Gasteiger partial charge in [0, 0.05) is 0 Å². The number of rotatable bonds is 3. The maximum atomic E-state index is 12.7. The fourth-order valence-corrected chi connectivity index (χ4v) is 0.684. The third kappa shape index (κ3) is 2.19. The van der Waals surface area contributed by atoms with Crippen molar-refractivity contribution in [3.8, 4) is 5.75 Å². The second-order valence-electron chi connectivity index (χ2n) is 2.04. The summed E-state index contributed by atoms with van der Waals surface area (Å²) >= 11 is 0. The van der Waals surface area contributed by atoms with Gasteiger partial charge in [0.15, 0.2) is 11.6 Å². The molecule has 0 heterocycles. The van der Waals surface area contributed by atoms with E-state index in [9.17, 15) is 14.5 Å². The number of halogens is 1. The van der Waals surface area contributed by atoms with Gasteiger partial charge in [-0.25, -0.2) is 4.39 Å². The van der Waals surface area contributed by atoms with Crippen LogP contribution in [0.2, 0.25) is 0 Å². The molecule has 0 saturated carbocycles. The highest BCUT2D eigenvalue weighted by Crippen LogP contribution is 2.14. The van der Waals surface area contributed by atoms with Gasteiger partial charge >= 0.3 is 6.73 Å². The molecule has 4 nitrogen and oxygen atoms in total. The molecule has 0 fully saturated rings. The Hall–Kier alpha value is -1.65. The minimum atomic E-state index is -0.721. The van der Waals surface area contributed by atoms with Crippen molar-refractivity contribution in [1.82, 2.24) is 0 Å². The first kappa shape index (κ1) is 8.45. The monoisotopic (exact) mass is 171 g/mol. The van der Waals surface area contributed by atoms with Gasteiger partial charge in [0.1, 0.15) is 0 Å². The van der Waals surface area contributed by atoms with E-state index in [-0.39, 0.29) is 5.75 Å². The number of hydrogen-bond donors (Lipinski definition) is 0. The molecule has 0 radical (unpaired) electrons. The molecule has 0 aliphatic heterocycles. The van der Waals surface area contributed by atoms with E-state index in [1.165, 1.54) is 18.2 Å². The van der Waals surface area contributed by atoms with E-state index in [0.29, 0.717) is 0 Å². The van der Waals surface area contributed by atoms with Crippen molar-refractivity contribution in [1.29, 1.82) is 0 Å². The molecule has 0 bridgehead atoms. The second kappa shape index (κ2) is 3.66.